The van der Waals surface area contributed by atoms with Crippen LogP contribution in [-0.2, 0) is 6.42 Å². The van der Waals surface area contributed by atoms with Crippen molar-refractivity contribution in [2.24, 2.45) is 0 Å². The molecule has 1 aliphatic carbocycles. The minimum absolute atomic E-state index is 0.193. The van der Waals surface area contributed by atoms with Gasteiger partial charge in [-0.1, -0.05) is 0 Å². The molecule has 1 heterocycles. The summed E-state index contributed by atoms with van der Waals surface area (Å²) >= 11 is 1.74. The molecule has 0 spiro atoms. The number of aryl methyl sites for hydroxylation is 1. The highest BCUT2D eigenvalue weighted by atomic mass is 32.1. The molecule has 0 saturated heterocycles. The summed E-state index contributed by atoms with van der Waals surface area (Å²) in [7, 11) is 0. The summed E-state index contributed by atoms with van der Waals surface area (Å²) in [6, 6.07) is 4.51. The van der Waals surface area contributed by atoms with E-state index in [1.807, 2.05) is 0 Å². The summed E-state index contributed by atoms with van der Waals surface area (Å²) in [4.78, 5) is 1.32. The largest absolute Gasteiger partial charge is 0.198 e. The highest BCUT2D eigenvalue weighted by Crippen LogP contribution is 2.34. The molecule has 1 atom stereocenters. The van der Waals surface area contributed by atoms with Crippen molar-refractivity contribution in [3.63, 3.8) is 0 Å². The lowest BCUT2D eigenvalue weighted by atomic mass is 9.91. The first-order valence-electron chi connectivity index (χ1n) is 3.87. The molecule has 0 saturated carbocycles. The molecular formula is C9H9NS. The van der Waals surface area contributed by atoms with E-state index in [2.05, 4.69) is 17.5 Å². The predicted octanol–water partition coefficient (Wildman–Crippen LogP) is 2.69. The van der Waals surface area contributed by atoms with E-state index in [0.717, 1.165) is 6.42 Å². The molecule has 1 aromatic heterocycles. The Balaban J connectivity index is 2.41. The fourth-order valence-electron chi connectivity index (χ4n) is 1.61. The van der Waals surface area contributed by atoms with Crippen molar-refractivity contribution in [2.75, 3.05) is 0 Å². The summed E-state index contributed by atoms with van der Waals surface area (Å²) in [6.07, 6.45) is 3.42. The van der Waals surface area contributed by atoms with Crippen molar-refractivity contribution in [3.05, 3.63) is 21.9 Å². The number of fused-ring (bicyclic) bond motifs is 1. The van der Waals surface area contributed by atoms with E-state index < -0.39 is 0 Å². The average Bonchev–Trinajstić information content (AvgIpc) is 2.50. The van der Waals surface area contributed by atoms with Crippen LogP contribution in [0.25, 0.3) is 0 Å². The van der Waals surface area contributed by atoms with E-state index in [4.69, 9.17) is 5.26 Å². The van der Waals surface area contributed by atoms with Crippen LogP contribution in [0.3, 0.4) is 0 Å². The van der Waals surface area contributed by atoms with Crippen molar-refractivity contribution in [1.29, 1.82) is 5.26 Å². The molecule has 2 heteroatoms. The van der Waals surface area contributed by atoms with Gasteiger partial charge in [-0.25, -0.2) is 0 Å². The highest BCUT2D eigenvalue weighted by Gasteiger charge is 2.20. The Labute approximate surface area is 70.3 Å². The minimum Gasteiger partial charge on any atom is -0.198 e. The first-order valence-corrected chi connectivity index (χ1v) is 4.75. The molecule has 0 aromatic carbocycles. The van der Waals surface area contributed by atoms with E-state index in [1.54, 1.807) is 11.3 Å². The quantitative estimate of drug-likeness (QED) is 0.577. The Kier molecular flexibility index (Phi) is 1.67. The third-order valence-electron chi connectivity index (χ3n) is 2.19. The zero-order valence-corrected chi connectivity index (χ0v) is 7.03. The van der Waals surface area contributed by atoms with Crippen molar-refractivity contribution >= 4 is 11.3 Å². The second-order valence-corrected chi connectivity index (χ2v) is 3.83. The van der Waals surface area contributed by atoms with Gasteiger partial charge in [-0.15, -0.1) is 11.3 Å². The molecule has 1 aliphatic rings. The van der Waals surface area contributed by atoms with E-state index in [-0.39, 0.29) is 5.92 Å². The number of thiophene rings is 1. The fraction of sp³-hybridized carbons (Fsp3) is 0.444. The summed E-state index contributed by atoms with van der Waals surface area (Å²) in [5.74, 6) is 0.193. The lowest BCUT2D eigenvalue weighted by Crippen LogP contribution is -2.03. The van der Waals surface area contributed by atoms with Gasteiger partial charge in [0.25, 0.3) is 0 Å². The molecule has 1 aromatic rings. The molecule has 1 unspecified atom stereocenters. The monoisotopic (exact) mass is 163 g/mol. The Morgan fingerprint density at radius 3 is 3.36 bits per heavy atom. The van der Waals surface area contributed by atoms with Crippen molar-refractivity contribution in [2.45, 2.75) is 25.2 Å². The molecule has 0 bridgehead atoms. The zero-order chi connectivity index (χ0) is 7.68. The molecule has 2 rings (SSSR count). The third-order valence-corrected chi connectivity index (χ3v) is 3.26. The van der Waals surface area contributed by atoms with Gasteiger partial charge in [0, 0.05) is 4.88 Å². The second-order valence-electron chi connectivity index (χ2n) is 2.88. The van der Waals surface area contributed by atoms with E-state index in [9.17, 15) is 0 Å². The summed E-state index contributed by atoms with van der Waals surface area (Å²) in [5, 5.41) is 10.9. The number of rotatable bonds is 0. The molecule has 0 amide bonds. The van der Waals surface area contributed by atoms with E-state index in [0.29, 0.717) is 0 Å². The Morgan fingerprint density at radius 1 is 1.64 bits per heavy atom. The lowest BCUT2D eigenvalue weighted by molar-refractivity contribution is 0.648. The van der Waals surface area contributed by atoms with Gasteiger partial charge in [0.15, 0.2) is 0 Å². The molecule has 56 valence electrons. The average molecular weight is 163 g/mol. The van der Waals surface area contributed by atoms with E-state index >= 15 is 0 Å². The maximum Gasteiger partial charge on any atom is 0.0808 e. The summed E-state index contributed by atoms with van der Waals surface area (Å²) in [5.41, 5.74) is 1.41. The Morgan fingerprint density at radius 2 is 2.55 bits per heavy atom. The van der Waals surface area contributed by atoms with Gasteiger partial charge in [0.1, 0.15) is 0 Å². The van der Waals surface area contributed by atoms with Gasteiger partial charge >= 0.3 is 0 Å². The van der Waals surface area contributed by atoms with Crippen LogP contribution >= 0.6 is 11.3 Å². The maximum absolute atomic E-state index is 8.81. The number of hydrogen-bond acceptors (Lipinski definition) is 2. The topological polar surface area (TPSA) is 23.8 Å². The minimum atomic E-state index is 0.193. The lowest BCUT2D eigenvalue weighted by Gasteiger charge is -2.15. The van der Waals surface area contributed by atoms with Gasteiger partial charge in [0.2, 0.25) is 0 Å². The molecule has 0 aliphatic heterocycles. The van der Waals surface area contributed by atoms with Crippen LogP contribution in [0, 0.1) is 11.3 Å². The van der Waals surface area contributed by atoms with Crippen LogP contribution in [0.4, 0.5) is 0 Å². The molecule has 0 fully saturated rings. The molecular weight excluding hydrogens is 154 g/mol. The summed E-state index contributed by atoms with van der Waals surface area (Å²) in [6.45, 7) is 0. The number of nitriles is 1. The van der Waals surface area contributed by atoms with E-state index in [1.165, 1.54) is 23.3 Å². The van der Waals surface area contributed by atoms with Crippen LogP contribution in [-0.4, -0.2) is 0 Å². The standard InChI is InChI=1S/C9H9NS/c10-6-8-3-1-2-7-4-5-11-9(7)8/h4-5,8H,1-3H2. The normalized spacial score (nSPS) is 22.3. The van der Waals surface area contributed by atoms with Gasteiger partial charge < -0.3 is 0 Å². The summed E-state index contributed by atoms with van der Waals surface area (Å²) < 4.78 is 0. The molecule has 11 heavy (non-hydrogen) atoms. The fourth-order valence-corrected chi connectivity index (χ4v) is 2.65. The number of nitrogens with zero attached hydrogens (tertiary/aromatic N) is 1. The van der Waals surface area contributed by atoms with Gasteiger partial charge in [-0.3, -0.25) is 0 Å². The zero-order valence-electron chi connectivity index (χ0n) is 6.21. The predicted molar refractivity (Wildman–Crippen MR) is 45.6 cm³/mol. The smallest absolute Gasteiger partial charge is 0.0808 e. The number of hydrogen-bond donors (Lipinski definition) is 0. The van der Waals surface area contributed by atoms with Crippen LogP contribution in [0.1, 0.15) is 29.2 Å². The van der Waals surface area contributed by atoms with Crippen LogP contribution in [0.5, 0.6) is 0 Å². The third kappa shape index (κ3) is 1.06. The van der Waals surface area contributed by atoms with Crippen molar-refractivity contribution in [3.8, 4) is 6.07 Å². The first-order chi connectivity index (χ1) is 5.42. The first kappa shape index (κ1) is 6.87. The maximum atomic E-state index is 8.81. The molecule has 1 nitrogen and oxygen atoms in total. The highest BCUT2D eigenvalue weighted by molar-refractivity contribution is 7.10. The second kappa shape index (κ2) is 2.67. The van der Waals surface area contributed by atoms with Gasteiger partial charge in [-0.05, 0) is 36.3 Å². The molecule has 0 N–H and O–H groups in total. The van der Waals surface area contributed by atoms with Gasteiger partial charge in [-0.2, -0.15) is 5.26 Å². The van der Waals surface area contributed by atoms with Crippen LogP contribution < -0.4 is 0 Å². The van der Waals surface area contributed by atoms with Gasteiger partial charge in [0.05, 0.1) is 12.0 Å². The Hall–Kier alpha value is -0.810. The Bertz CT molecular complexity index is 295. The molecule has 0 radical (unpaired) electrons. The van der Waals surface area contributed by atoms with Crippen molar-refractivity contribution < 1.29 is 0 Å². The SMILES string of the molecule is N#CC1CCCc2ccsc21. The van der Waals surface area contributed by atoms with Crippen LogP contribution in [0.2, 0.25) is 0 Å². The van der Waals surface area contributed by atoms with Crippen molar-refractivity contribution in [1.82, 2.24) is 0 Å². The van der Waals surface area contributed by atoms with Crippen LogP contribution in [0.15, 0.2) is 11.4 Å².